The van der Waals surface area contributed by atoms with Gasteiger partial charge in [0.15, 0.2) is 0 Å². The molecule has 17 heavy (non-hydrogen) atoms. The van der Waals surface area contributed by atoms with Gasteiger partial charge < -0.3 is 11.1 Å². The number of rotatable bonds is 4. The van der Waals surface area contributed by atoms with Crippen LogP contribution in [-0.4, -0.2) is 11.4 Å². The zero-order valence-corrected chi connectivity index (χ0v) is 11.2. The van der Waals surface area contributed by atoms with Crippen molar-refractivity contribution in [2.75, 3.05) is 0 Å². The number of carbonyl (C=O) groups is 1. The van der Waals surface area contributed by atoms with Crippen LogP contribution in [0.2, 0.25) is 5.02 Å². The zero-order valence-electron chi connectivity index (χ0n) is 10.5. The maximum absolute atomic E-state index is 11.9. The molecule has 4 heteroatoms. The summed E-state index contributed by atoms with van der Waals surface area (Å²) in [6.45, 7) is 5.53. The van der Waals surface area contributed by atoms with Gasteiger partial charge in [-0.15, -0.1) is 0 Å². The lowest BCUT2D eigenvalue weighted by Gasteiger charge is -2.24. The molecule has 2 unspecified atom stereocenters. The predicted octanol–water partition coefficient (Wildman–Crippen LogP) is 2.64. The van der Waals surface area contributed by atoms with Crippen molar-refractivity contribution in [2.45, 2.75) is 38.8 Å². The van der Waals surface area contributed by atoms with Crippen LogP contribution in [-0.2, 0) is 4.79 Å². The van der Waals surface area contributed by atoms with Gasteiger partial charge in [-0.1, -0.05) is 30.7 Å². The second-order valence-corrected chi connectivity index (χ2v) is 4.96. The molecule has 0 bridgehead atoms. The number of hydrogen-bond acceptors (Lipinski definition) is 2. The van der Waals surface area contributed by atoms with E-state index in [9.17, 15) is 4.79 Å². The van der Waals surface area contributed by atoms with Gasteiger partial charge in [-0.25, -0.2) is 0 Å². The summed E-state index contributed by atoms with van der Waals surface area (Å²) in [6.07, 6.45) is 0.598. The van der Waals surface area contributed by atoms with Crippen molar-refractivity contribution < 1.29 is 4.79 Å². The molecule has 0 radical (unpaired) electrons. The van der Waals surface area contributed by atoms with Crippen LogP contribution in [0.4, 0.5) is 0 Å². The van der Waals surface area contributed by atoms with Crippen molar-refractivity contribution in [3.63, 3.8) is 0 Å². The van der Waals surface area contributed by atoms with Crippen LogP contribution in [0.25, 0.3) is 0 Å². The van der Waals surface area contributed by atoms with Gasteiger partial charge in [0, 0.05) is 5.02 Å². The smallest absolute Gasteiger partial charge is 0.240 e. The highest BCUT2D eigenvalue weighted by Gasteiger charge is 2.27. The fraction of sp³-hybridized carbons (Fsp3) is 0.462. The maximum Gasteiger partial charge on any atom is 0.240 e. The summed E-state index contributed by atoms with van der Waals surface area (Å²) in [6, 6.07) is 7.33. The molecule has 0 aromatic heterocycles. The SMILES string of the molecule is CCC(C)(N)C(=O)NC(C)c1cccc(Cl)c1. The molecule has 0 saturated carbocycles. The van der Waals surface area contributed by atoms with Gasteiger partial charge >= 0.3 is 0 Å². The second-order valence-electron chi connectivity index (χ2n) is 4.52. The van der Waals surface area contributed by atoms with Gasteiger partial charge in [-0.2, -0.15) is 0 Å². The topological polar surface area (TPSA) is 55.1 Å². The summed E-state index contributed by atoms with van der Waals surface area (Å²) in [7, 11) is 0. The number of benzene rings is 1. The summed E-state index contributed by atoms with van der Waals surface area (Å²) in [5, 5.41) is 3.55. The highest BCUT2D eigenvalue weighted by Crippen LogP contribution is 2.18. The molecule has 0 aliphatic carbocycles. The molecule has 0 heterocycles. The average Bonchev–Trinajstić information content (AvgIpc) is 2.28. The summed E-state index contributed by atoms with van der Waals surface area (Å²) in [5.74, 6) is -0.146. The van der Waals surface area contributed by atoms with E-state index < -0.39 is 5.54 Å². The lowest BCUT2D eigenvalue weighted by molar-refractivity contribution is -0.126. The third-order valence-corrected chi connectivity index (χ3v) is 3.18. The first kappa shape index (κ1) is 14.0. The summed E-state index contributed by atoms with van der Waals surface area (Å²) in [5.41, 5.74) is 6.02. The van der Waals surface area contributed by atoms with Crippen LogP contribution in [0.5, 0.6) is 0 Å². The fourth-order valence-corrected chi connectivity index (χ4v) is 1.58. The maximum atomic E-state index is 11.9. The van der Waals surface area contributed by atoms with Crippen molar-refractivity contribution in [1.29, 1.82) is 0 Å². The molecule has 0 fully saturated rings. The van der Waals surface area contributed by atoms with E-state index in [0.717, 1.165) is 5.56 Å². The third-order valence-electron chi connectivity index (χ3n) is 2.95. The zero-order chi connectivity index (χ0) is 13.1. The number of amides is 1. The Morgan fingerprint density at radius 1 is 1.59 bits per heavy atom. The standard InChI is InChI=1S/C13H19ClN2O/c1-4-13(3,15)12(17)16-9(2)10-6-5-7-11(14)8-10/h5-9H,4,15H2,1-3H3,(H,16,17). The minimum absolute atomic E-state index is 0.101. The quantitative estimate of drug-likeness (QED) is 0.868. The van der Waals surface area contributed by atoms with Crippen molar-refractivity contribution in [1.82, 2.24) is 5.32 Å². The number of nitrogens with one attached hydrogen (secondary N) is 1. The normalized spacial score (nSPS) is 16.1. The van der Waals surface area contributed by atoms with E-state index in [0.29, 0.717) is 11.4 Å². The monoisotopic (exact) mass is 254 g/mol. The summed E-state index contributed by atoms with van der Waals surface area (Å²) >= 11 is 5.91. The Labute approximate surface area is 107 Å². The first-order valence-corrected chi connectivity index (χ1v) is 6.10. The molecule has 94 valence electrons. The number of hydrogen-bond donors (Lipinski definition) is 2. The Morgan fingerprint density at radius 2 is 2.24 bits per heavy atom. The number of nitrogens with two attached hydrogens (primary N) is 1. The van der Waals surface area contributed by atoms with E-state index in [1.165, 1.54) is 0 Å². The molecular weight excluding hydrogens is 236 g/mol. The van der Waals surface area contributed by atoms with Crippen LogP contribution in [0, 0.1) is 0 Å². The van der Waals surface area contributed by atoms with Crippen molar-refractivity contribution >= 4 is 17.5 Å². The molecule has 1 aromatic rings. The van der Waals surface area contributed by atoms with Crippen molar-refractivity contribution in [3.8, 4) is 0 Å². The Balaban J connectivity index is 2.73. The van der Waals surface area contributed by atoms with Gasteiger partial charge in [0.05, 0.1) is 11.6 Å². The highest BCUT2D eigenvalue weighted by molar-refractivity contribution is 6.30. The summed E-state index contributed by atoms with van der Waals surface area (Å²) < 4.78 is 0. The Hall–Kier alpha value is -1.06. The lowest BCUT2D eigenvalue weighted by atomic mass is 9.98. The van der Waals surface area contributed by atoms with E-state index in [-0.39, 0.29) is 11.9 Å². The van der Waals surface area contributed by atoms with Gasteiger partial charge in [0.1, 0.15) is 0 Å². The van der Waals surface area contributed by atoms with E-state index in [1.54, 1.807) is 13.0 Å². The van der Waals surface area contributed by atoms with Crippen LogP contribution in [0.3, 0.4) is 0 Å². The molecule has 3 nitrogen and oxygen atoms in total. The fourth-order valence-electron chi connectivity index (χ4n) is 1.38. The molecule has 3 N–H and O–H groups in total. The molecule has 1 rings (SSSR count). The van der Waals surface area contributed by atoms with Gasteiger partial charge in [0.2, 0.25) is 5.91 Å². The Bertz CT molecular complexity index is 404. The molecule has 2 atom stereocenters. The largest absolute Gasteiger partial charge is 0.348 e. The molecular formula is C13H19ClN2O. The molecule has 1 aromatic carbocycles. The lowest BCUT2D eigenvalue weighted by Crippen LogP contribution is -2.51. The van der Waals surface area contributed by atoms with Gasteiger partial charge in [-0.3, -0.25) is 4.79 Å². The Morgan fingerprint density at radius 3 is 2.76 bits per heavy atom. The molecule has 0 aliphatic heterocycles. The molecule has 0 aliphatic rings. The summed E-state index contributed by atoms with van der Waals surface area (Å²) in [4.78, 5) is 11.9. The van der Waals surface area contributed by atoms with E-state index in [1.807, 2.05) is 32.0 Å². The van der Waals surface area contributed by atoms with Crippen LogP contribution < -0.4 is 11.1 Å². The van der Waals surface area contributed by atoms with E-state index in [4.69, 9.17) is 17.3 Å². The van der Waals surface area contributed by atoms with E-state index >= 15 is 0 Å². The molecule has 0 saturated heterocycles. The highest BCUT2D eigenvalue weighted by atomic mass is 35.5. The van der Waals surface area contributed by atoms with Crippen molar-refractivity contribution in [3.05, 3.63) is 34.9 Å². The number of carbonyl (C=O) groups excluding carboxylic acids is 1. The second kappa shape index (κ2) is 5.52. The van der Waals surface area contributed by atoms with Crippen molar-refractivity contribution in [2.24, 2.45) is 5.73 Å². The van der Waals surface area contributed by atoms with E-state index in [2.05, 4.69) is 5.32 Å². The molecule has 0 spiro atoms. The van der Waals surface area contributed by atoms with Crippen LogP contribution >= 0.6 is 11.6 Å². The van der Waals surface area contributed by atoms with Crippen LogP contribution in [0.15, 0.2) is 24.3 Å². The Kier molecular flexibility index (Phi) is 4.54. The first-order chi connectivity index (χ1) is 7.86. The van der Waals surface area contributed by atoms with Gasteiger partial charge in [0.25, 0.3) is 0 Å². The van der Waals surface area contributed by atoms with Gasteiger partial charge in [-0.05, 0) is 38.0 Å². The minimum atomic E-state index is -0.827. The first-order valence-electron chi connectivity index (χ1n) is 5.72. The average molecular weight is 255 g/mol. The van der Waals surface area contributed by atoms with Crippen LogP contribution in [0.1, 0.15) is 38.8 Å². The predicted molar refractivity (Wildman–Crippen MR) is 70.9 cm³/mol. The minimum Gasteiger partial charge on any atom is -0.348 e. The molecule has 1 amide bonds. The number of halogens is 1. The third kappa shape index (κ3) is 3.72.